The Morgan fingerprint density at radius 1 is 1.17 bits per heavy atom. The number of hydrogen-bond donors (Lipinski definition) is 0. The van der Waals surface area contributed by atoms with Crippen molar-refractivity contribution in [1.82, 2.24) is 9.88 Å². The van der Waals surface area contributed by atoms with Crippen LogP contribution in [0, 0.1) is 28.6 Å². The molecule has 3 heteroatoms. The molecule has 1 amide bonds. The van der Waals surface area contributed by atoms with Gasteiger partial charge in [0.2, 0.25) is 5.91 Å². The Labute approximate surface area is 174 Å². The molecule has 0 N–H and O–H groups in total. The summed E-state index contributed by atoms with van der Waals surface area (Å²) < 4.78 is 0. The van der Waals surface area contributed by atoms with Gasteiger partial charge in [0.25, 0.3) is 0 Å². The Hall–Kier alpha value is -2.16. The van der Waals surface area contributed by atoms with E-state index in [9.17, 15) is 4.79 Å². The lowest BCUT2D eigenvalue weighted by Gasteiger charge is -2.56. The molecule has 152 valence electrons. The van der Waals surface area contributed by atoms with Crippen LogP contribution in [0.4, 0.5) is 0 Å². The zero-order valence-corrected chi connectivity index (χ0v) is 18.1. The monoisotopic (exact) mass is 388 g/mol. The Bertz CT molecular complexity index is 943. The van der Waals surface area contributed by atoms with Crippen LogP contribution < -0.4 is 0 Å². The van der Waals surface area contributed by atoms with Gasteiger partial charge in [-0.1, -0.05) is 50.1 Å². The highest BCUT2D eigenvalue weighted by molar-refractivity contribution is 5.89. The zero-order valence-electron chi connectivity index (χ0n) is 18.1. The molecule has 0 radical (unpaired) electrons. The van der Waals surface area contributed by atoms with Crippen molar-refractivity contribution >= 4 is 11.5 Å². The van der Waals surface area contributed by atoms with Crippen molar-refractivity contribution in [2.24, 2.45) is 28.6 Å². The van der Waals surface area contributed by atoms with Crippen LogP contribution in [-0.4, -0.2) is 29.4 Å². The molecule has 4 aliphatic rings. The first kappa shape index (κ1) is 18.8. The van der Waals surface area contributed by atoms with Crippen molar-refractivity contribution in [2.75, 3.05) is 13.6 Å². The van der Waals surface area contributed by atoms with Gasteiger partial charge in [-0.3, -0.25) is 9.78 Å². The predicted molar refractivity (Wildman–Crippen MR) is 117 cm³/mol. The summed E-state index contributed by atoms with van der Waals surface area (Å²) in [7, 11) is 1.95. The number of nitrogens with zero attached hydrogens (tertiary/aromatic N) is 2. The Morgan fingerprint density at radius 2 is 2.00 bits per heavy atom. The maximum Gasteiger partial charge on any atom is 0.246 e. The molecule has 0 saturated heterocycles. The Kier molecular flexibility index (Phi) is 4.17. The minimum atomic E-state index is 0.124. The zero-order chi connectivity index (χ0) is 20.4. The van der Waals surface area contributed by atoms with Crippen molar-refractivity contribution in [3.63, 3.8) is 0 Å². The van der Waals surface area contributed by atoms with Gasteiger partial charge in [-0.2, -0.15) is 0 Å². The van der Waals surface area contributed by atoms with E-state index >= 15 is 0 Å². The third-order valence-electron chi connectivity index (χ3n) is 8.71. The Balaban J connectivity index is 1.52. The molecular formula is C26H32N2O. The molecule has 5 atom stereocenters. The molecular weight excluding hydrogens is 356 g/mol. The smallest absolute Gasteiger partial charge is 0.246 e. The lowest BCUT2D eigenvalue weighted by atomic mass is 9.47. The van der Waals surface area contributed by atoms with Gasteiger partial charge < -0.3 is 4.90 Å². The van der Waals surface area contributed by atoms with E-state index in [2.05, 4.69) is 44.0 Å². The topological polar surface area (TPSA) is 33.2 Å². The van der Waals surface area contributed by atoms with Gasteiger partial charge in [-0.05, 0) is 66.1 Å². The molecule has 29 heavy (non-hydrogen) atoms. The number of aromatic nitrogens is 1. The van der Waals surface area contributed by atoms with Crippen molar-refractivity contribution < 1.29 is 4.79 Å². The predicted octanol–water partition coefficient (Wildman–Crippen LogP) is 5.27. The average Bonchev–Trinajstić information content (AvgIpc) is 3.01. The van der Waals surface area contributed by atoms with E-state index in [4.69, 9.17) is 0 Å². The number of carbonyl (C=O) groups is 1. The van der Waals surface area contributed by atoms with Gasteiger partial charge >= 0.3 is 0 Å². The molecule has 1 aromatic rings. The van der Waals surface area contributed by atoms with E-state index in [0.717, 1.165) is 13.0 Å². The van der Waals surface area contributed by atoms with Crippen LogP contribution in [0.5, 0.6) is 0 Å². The largest absolute Gasteiger partial charge is 0.342 e. The van der Waals surface area contributed by atoms with Crippen LogP contribution in [0.25, 0.3) is 5.57 Å². The van der Waals surface area contributed by atoms with Crippen LogP contribution in [0.3, 0.4) is 0 Å². The molecule has 5 rings (SSSR count). The molecule has 2 fully saturated rings. The number of fused-ring (bicyclic) bond motifs is 5. The van der Waals surface area contributed by atoms with Gasteiger partial charge in [0.15, 0.2) is 0 Å². The second kappa shape index (κ2) is 6.42. The maximum atomic E-state index is 12.6. The number of carbonyl (C=O) groups excluding carboxylic acids is 1. The number of allylic oxidation sites excluding steroid dienone is 5. The lowest BCUT2D eigenvalue weighted by Crippen LogP contribution is -2.48. The van der Waals surface area contributed by atoms with E-state index in [1.807, 2.05) is 36.5 Å². The summed E-state index contributed by atoms with van der Waals surface area (Å²) in [4.78, 5) is 18.9. The Morgan fingerprint density at radius 3 is 2.76 bits per heavy atom. The maximum absolute atomic E-state index is 12.6. The highest BCUT2D eigenvalue weighted by atomic mass is 16.2. The first-order chi connectivity index (χ1) is 13.8. The summed E-state index contributed by atoms with van der Waals surface area (Å²) in [5.41, 5.74) is 5.99. The molecule has 1 aliphatic heterocycles. The molecule has 2 heterocycles. The van der Waals surface area contributed by atoms with Crippen molar-refractivity contribution in [3.8, 4) is 0 Å². The number of hydrogen-bond acceptors (Lipinski definition) is 2. The molecule has 3 aliphatic carbocycles. The standard InChI is InChI=1S/C26H32N2O/c1-17-14-19-21-8-7-20(18-6-5-12-27-16-18)25(21,2)10-9-22(19)26(3)11-13-28(4)24(29)15-23(17)26/h5-8,12,15-17,19,22H,9-11,13-14H2,1-4H3. The molecule has 0 aromatic carbocycles. The van der Waals surface area contributed by atoms with E-state index in [1.165, 1.54) is 36.0 Å². The summed E-state index contributed by atoms with van der Waals surface area (Å²) >= 11 is 0. The fourth-order valence-corrected chi connectivity index (χ4v) is 7.04. The normalized spacial score (nSPS) is 38.9. The summed E-state index contributed by atoms with van der Waals surface area (Å²) in [6, 6.07) is 4.24. The minimum absolute atomic E-state index is 0.124. The van der Waals surface area contributed by atoms with Crippen molar-refractivity contribution in [3.05, 3.63) is 59.5 Å². The van der Waals surface area contributed by atoms with Crippen LogP contribution in [-0.2, 0) is 4.79 Å². The summed E-state index contributed by atoms with van der Waals surface area (Å²) in [5, 5.41) is 0. The highest BCUT2D eigenvalue weighted by Gasteiger charge is 2.55. The lowest BCUT2D eigenvalue weighted by molar-refractivity contribution is -0.124. The molecule has 1 aromatic heterocycles. The fraction of sp³-hybridized carbons (Fsp3) is 0.538. The number of rotatable bonds is 1. The van der Waals surface area contributed by atoms with E-state index < -0.39 is 0 Å². The van der Waals surface area contributed by atoms with Crippen molar-refractivity contribution in [1.29, 1.82) is 0 Å². The first-order valence-electron chi connectivity index (χ1n) is 11.1. The first-order valence-corrected chi connectivity index (χ1v) is 11.1. The highest BCUT2D eigenvalue weighted by Crippen LogP contribution is 2.65. The summed E-state index contributed by atoms with van der Waals surface area (Å²) in [5.74, 6) is 1.89. The van der Waals surface area contributed by atoms with Crippen LogP contribution in [0.1, 0.15) is 52.0 Å². The molecule has 2 saturated carbocycles. The second-order valence-electron chi connectivity index (χ2n) is 10.2. The third-order valence-corrected chi connectivity index (χ3v) is 8.71. The average molecular weight is 389 g/mol. The van der Waals surface area contributed by atoms with Gasteiger partial charge in [-0.25, -0.2) is 0 Å². The number of likely N-dealkylation sites (N-methyl/N-ethyl adjacent to an activating group) is 1. The van der Waals surface area contributed by atoms with Crippen LogP contribution in [0.2, 0.25) is 0 Å². The summed E-state index contributed by atoms with van der Waals surface area (Å²) in [6.07, 6.45) is 15.3. The summed E-state index contributed by atoms with van der Waals surface area (Å²) in [6.45, 7) is 8.10. The SMILES string of the molecule is CC1CC2C3=CC=C(c4cccnc4)C3(C)CCC2C2(C)CCN(C)C(=O)C=C12. The number of amides is 1. The molecule has 3 nitrogen and oxygen atoms in total. The van der Waals surface area contributed by atoms with Gasteiger partial charge in [0.1, 0.15) is 0 Å². The van der Waals surface area contributed by atoms with E-state index in [1.54, 1.807) is 5.57 Å². The molecule has 0 spiro atoms. The van der Waals surface area contributed by atoms with Gasteiger partial charge in [0, 0.05) is 37.5 Å². The fourth-order valence-electron chi connectivity index (χ4n) is 7.04. The van der Waals surface area contributed by atoms with Crippen LogP contribution in [0.15, 0.2) is 53.9 Å². The van der Waals surface area contributed by atoms with E-state index in [0.29, 0.717) is 17.8 Å². The van der Waals surface area contributed by atoms with Gasteiger partial charge in [-0.15, -0.1) is 0 Å². The molecule has 5 unspecified atom stereocenters. The number of pyridine rings is 1. The quantitative estimate of drug-likeness (QED) is 0.656. The van der Waals surface area contributed by atoms with Crippen molar-refractivity contribution in [2.45, 2.75) is 46.5 Å². The van der Waals surface area contributed by atoms with Crippen LogP contribution >= 0.6 is 0 Å². The van der Waals surface area contributed by atoms with E-state index in [-0.39, 0.29) is 16.7 Å². The molecule has 0 bridgehead atoms. The van der Waals surface area contributed by atoms with Gasteiger partial charge in [0.05, 0.1) is 0 Å². The minimum Gasteiger partial charge on any atom is -0.342 e. The third kappa shape index (κ3) is 2.62. The second-order valence-corrected chi connectivity index (χ2v) is 10.2.